The third-order valence-corrected chi connectivity index (χ3v) is 5.29. The highest BCUT2D eigenvalue weighted by Gasteiger charge is 2.16. The lowest BCUT2D eigenvalue weighted by Gasteiger charge is -2.10. The Kier molecular flexibility index (Phi) is 5.85. The van der Waals surface area contributed by atoms with Gasteiger partial charge in [0.2, 0.25) is 6.79 Å². The number of ether oxygens (including phenoxy) is 4. The molecule has 30 heavy (non-hydrogen) atoms. The summed E-state index contributed by atoms with van der Waals surface area (Å²) >= 11 is 1.39. The van der Waals surface area contributed by atoms with Crippen LogP contribution in [-0.4, -0.2) is 31.4 Å². The molecule has 0 aliphatic carbocycles. The maximum Gasteiger partial charge on any atom is 0.271 e. The number of nitrogens with one attached hydrogen (secondary N) is 1. The van der Waals surface area contributed by atoms with Crippen LogP contribution in [0.3, 0.4) is 0 Å². The van der Waals surface area contributed by atoms with Crippen molar-refractivity contribution in [3.05, 3.63) is 65.7 Å². The molecule has 4 rings (SSSR count). The van der Waals surface area contributed by atoms with Crippen LogP contribution in [0, 0.1) is 0 Å². The third kappa shape index (κ3) is 4.23. The first kappa shape index (κ1) is 19.8. The molecular formula is C22H20N2O5S. The van der Waals surface area contributed by atoms with Crippen molar-refractivity contribution in [3.8, 4) is 33.6 Å². The SMILES string of the molecule is C=CCOc1ccc(-c2nc(C(=O)NCc3ccc4c(c3)OCO4)cs2)cc1OC. The lowest BCUT2D eigenvalue weighted by atomic mass is 10.2. The zero-order valence-corrected chi connectivity index (χ0v) is 17.2. The molecule has 0 atom stereocenters. The van der Waals surface area contributed by atoms with E-state index in [4.69, 9.17) is 18.9 Å². The second-order valence-electron chi connectivity index (χ2n) is 6.37. The molecule has 1 amide bonds. The number of hydrogen-bond donors (Lipinski definition) is 1. The fraction of sp³-hybridized carbons (Fsp3) is 0.182. The maximum atomic E-state index is 12.5. The molecule has 1 aliphatic heterocycles. The van der Waals surface area contributed by atoms with Gasteiger partial charge in [-0.05, 0) is 35.9 Å². The predicted octanol–water partition coefficient (Wildman–Crippen LogP) is 4.04. The molecule has 7 nitrogen and oxygen atoms in total. The number of carbonyl (C=O) groups excluding carboxylic acids is 1. The lowest BCUT2D eigenvalue weighted by Crippen LogP contribution is -2.23. The summed E-state index contributed by atoms with van der Waals surface area (Å²) in [6, 6.07) is 11.1. The molecule has 0 fully saturated rings. The molecule has 3 aromatic rings. The van der Waals surface area contributed by atoms with E-state index in [1.165, 1.54) is 11.3 Å². The monoisotopic (exact) mass is 424 g/mol. The number of rotatable bonds is 8. The zero-order valence-electron chi connectivity index (χ0n) is 16.3. The summed E-state index contributed by atoms with van der Waals surface area (Å²) in [5.41, 5.74) is 2.13. The van der Waals surface area contributed by atoms with Gasteiger partial charge in [0.05, 0.1) is 7.11 Å². The van der Waals surface area contributed by atoms with E-state index in [0.717, 1.165) is 16.1 Å². The molecule has 2 heterocycles. The van der Waals surface area contributed by atoms with Gasteiger partial charge >= 0.3 is 0 Å². The summed E-state index contributed by atoms with van der Waals surface area (Å²) < 4.78 is 21.6. The van der Waals surface area contributed by atoms with Gasteiger partial charge < -0.3 is 24.3 Å². The minimum atomic E-state index is -0.243. The van der Waals surface area contributed by atoms with Gasteiger partial charge in [0.1, 0.15) is 17.3 Å². The number of amides is 1. The van der Waals surface area contributed by atoms with Crippen LogP contribution in [0.4, 0.5) is 0 Å². The summed E-state index contributed by atoms with van der Waals surface area (Å²) in [7, 11) is 1.58. The normalized spacial score (nSPS) is 11.8. The highest BCUT2D eigenvalue weighted by atomic mass is 32.1. The minimum Gasteiger partial charge on any atom is -0.493 e. The summed E-state index contributed by atoms with van der Waals surface area (Å²) in [6.07, 6.45) is 1.67. The molecule has 0 unspecified atom stereocenters. The molecule has 0 bridgehead atoms. The largest absolute Gasteiger partial charge is 0.493 e. The molecule has 1 N–H and O–H groups in total. The Morgan fingerprint density at radius 3 is 2.93 bits per heavy atom. The molecule has 0 radical (unpaired) electrons. The van der Waals surface area contributed by atoms with Crippen LogP contribution < -0.4 is 24.3 Å². The highest BCUT2D eigenvalue weighted by molar-refractivity contribution is 7.13. The summed E-state index contributed by atoms with van der Waals surface area (Å²) in [6.45, 7) is 4.62. The number of methoxy groups -OCH3 is 1. The average Bonchev–Trinajstić information content (AvgIpc) is 3.45. The number of thiazole rings is 1. The number of nitrogens with zero attached hydrogens (tertiary/aromatic N) is 1. The molecule has 0 spiro atoms. The van der Waals surface area contributed by atoms with Crippen LogP contribution in [0.1, 0.15) is 16.1 Å². The van der Waals surface area contributed by atoms with E-state index in [9.17, 15) is 4.79 Å². The van der Waals surface area contributed by atoms with Gasteiger partial charge in [-0.3, -0.25) is 4.79 Å². The third-order valence-electron chi connectivity index (χ3n) is 4.39. The van der Waals surface area contributed by atoms with Gasteiger partial charge in [-0.2, -0.15) is 0 Å². The van der Waals surface area contributed by atoms with Crippen molar-refractivity contribution in [3.63, 3.8) is 0 Å². The molecule has 154 valence electrons. The van der Waals surface area contributed by atoms with E-state index in [1.54, 1.807) is 18.6 Å². The Balaban J connectivity index is 1.43. The second-order valence-corrected chi connectivity index (χ2v) is 7.23. The summed E-state index contributed by atoms with van der Waals surface area (Å²) in [5, 5.41) is 5.34. The Labute approximate surface area is 177 Å². The van der Waals surface area contributed by atoms with E-state index in [0.29, 0.717) is 41.8 Å². The maximum absolute atomic E-state index is 12.5. The molecule has 8 heteroatoms. The summed E-state index contributed by atoms with van der Waals surface area (Å²) in [5.74, 6) is 2.38. The number of benzene rings is 2. The Bertz CT molecular complexity index is 1080. The number of aromatic nitrogens is 1. The quantitative estimate of drug-likeness (QED) is 0.550. The second kappa shape index (κ2) is 8.87. The first-order valence-corrected chi connectivity index (χ1v) is 10.1. The van der Waals surface area contributed by atoms with Crippen molar-refractivity contribution in [2.75, 3.05) is 20.5 Å². The zero-order chi connectivity index (χ0) is 20.9. The number of fused-ring (bicyclic) bond motifs is 1. The van der Waals surface area contributed by atoms with Crippen LogP contribution in [-0.2, 0) is 6.54 Å². The molecule has 0 saturated heterocycles. The first-order valence-electron chi connectivity index (χ1n) is 9.22. The Hall–Kier alpha value is -3.52. The van der Waals surface area contributed by atoms with Gasteiger partial charge in [0.25, 0.3) is 5.91 Å². The van der Waals surface area contributed by atoms with E-state index in [1.807, 2.05) is 36.4 Å². The van der Waals surface area contributed by atoms with Gasteiger partial charge in [-0.15, -0.1) is 11.3 Å². The van der Waals surface area contributed by atoms with Crippen LogP contribution >= 0.6 is 11.3 Å². The van der Waals surface area contributed by atoms with Crippen LogP contribution in [0.5, 0.6) is 23.0 Å². The molecule has 1 aromatic heterocycles. The Morgan fingerprint density at radius 2 is 2.10 bits per heavy atom. The van der Waals surface area contributed by atoms with Gasteiger partial charge in [-0.25, -0.2) is 4.98 Å². The van der Waals surface area contributed by atoms with Crippen molar-refractivity contribution in [2.24, 2.45) is 0 Å². The average molecular weight is 424 g/mol. The minimum absolute atomic E-state index is 0.221. The topological polar surface area (TPSA) is 78.9 Å². The standard InChI is InChI=1S/C22H20N2O5S/c1-3-8-27-17-7-5-15(10-19(17)26-2)22-24-16(12-30-22)21(25)23-11-14-4-6-18-20(9-14)29-13-28-18/h3-7,9-10,12H,1,8,11,13H2,2H3,(H,23,25). The van der Waals surface area contributed by atoms with E-state index >= 15 is 0 Å². The van der Waals surface area contributed by atoms with Crippen molar-refractivity contribution >= 4 is 17.2 Å². The van der Waals surface area contributed by atoms with Crippen molar-refractivity contribution in [1.82, 2.24) is 10.3 Å². The lowest BCUT2D eigenvalue weighted by molar-refractivity contribution is 0.0946. The molecule has 1 aliphatic rings. The van der Waals surface area contributed by atoms with E-state index in [2.05, 4.69) is 16.9 Å². The smallest absolute Gasteiger partial charge is 0.271 e. The van der Waals surface area contributed by atoms with E-state index in [-0.39, 0.29) is 12.7 Å². The van der Waals surface area contributed by atoms with Crippen molar-refractivity contribution < 1.29 is 23.7 Å². The first-order chi connectivity index (χ1) is 14.7. The van der Waals surface area contributed by atoms with Gasteiger partial charge in [-0.1, -0.05) is 18.7 Å². The van der Waals surface area contributed by atoms with Gasteiger partial charge in [0.15, 0.2) is 23.0 Å². The van der Waals surface area contributed by atoms with Crippen molar-refractivity contribution in [1.29, 1.82) is 0 Å². The number of carbonyl (C=O) groups is 1. The fourth-order valence-electron chi connectivity index (χ4n) is 2.90. The summed E-state index contributed by atoms with van der Waals surface area (Å²) in [4.78, 5) is 17.0. The van der Waals surface area contributed by atoms with Gasteiger partial charge in [0, 0.05) is 17.5 Å². The Morgan fingerprint density at radius 1 is 1.23 bits per heavy atom. The molecule has 0 saturated carbocycles. The van der Waals surface area contributed by atoms with E-state index < -0.39 is 0 Å². The fourth-order valence-corrected chi connectivity index (χ4v) is 3.70. The van der Waals surface area contributed by atoms with Crippen LogP contribution in [0.15, 0.2) is 54.4 Å². The highest BCUT2D eigenvalue weighted by Crippen LogP contribution is 2.34. The molecule has 2 aromatic carbocycles. The van der Waals surface area contributed by atoms with Crippen LogP contribution in [0.25, 0.3) is 10.6 Å². The number of hydrogen-bond acceptors (Lipinski definition) is 7. The molecular weight excluding hydrogens is 404 g/mol. The van der Waals surface area contributed by atoms with Crippen LogP contribution in [0.2, 0.25) is 0 Å². The predicted molar refractivity (Wildman–Crippen MR) is 114 cm³/mol. The van der Waals surface area contributed by atoms with Crippen molar-refractivity contribution in [2.45, 2.75) is 6.54 Å².